The van der Waals surface area contributed by atoms with Gasteiger partial charge < -0.3 is 10.1 Å². The van der Waals surface area contributed by atoms with Crippen LogP contribution in [-0.4, -0.2) is 13.1 Å². The summed E-state index contributed by atoms with van der Waals surface area (Å²) in [6.45, 7) is 3.83. The van der Waals surface area contributed by atoms with Crippen LogP contribution >= 0.6 is 11.6 Å². The summed E-state index contributed by atoms with van der Waals surface area (Å²) >= 11 is 5.99. The number of carbonyl (C=O) groups excluding carboxylic acids is 1. The number of carbonyl (C=O) groups is 1. The zero-order valence-corrected chi connectivity index (χ0v) is 9.11. The molecule has 0 saturated carbocycles. The van der Waals surface area contributed by atoms with E-state index in [1.807, 2.05) is 19.9 Å². The van der Waals surface area contributed by atoms with Crippen LogP contribution in [0.1, 0.15) is 11.1 Å². The number of benzene rings is 1. The van der Waals surface area contributed by atoms with E-state index in [2.05, 4.69) is 5.32 Å². The molecule has 4 heteroatoms. The second-order valence-corrected chi connectivity index (χ2v) is 3.34. The Hall–Kier alpha value is -1.22. The van der Waals surface area contributed by atoms with Gasteiger partial charge in [-0.05, 0) is 31.0 Å². The third kappa shape index (κ3) is 2.17. The topological polar surface area (TPSA) is 38.3 Å². The lowest BCUT2D eigenvalue weighted by atomic mass is 10.1. The van der Waals surface area contributed by atoms with Crippen molar-refractivity contribution in [1.29, 1.82) is 0 Å². The van der Waals surface area contributed by atoms with Crippen molar-refractivity contribution in [3.05, 3.63) is 28.3 Å². The zero-order chi connectivity index (χ0) is 10.7. The molecule has 0 unspecified atom stereocenters. The fourth-order valence-electron chi connectivity index (χ4n) is 0.986. The third-order valence-electron chi connectivity index (χ3n) is 2.03. The van der Waals surface area contributed by atoms with Gasteiger partial charge in [0, 0.05) is 7.05 Å². The Bertz CT molecular complexity index is 363. The molecule has 0 radical (unpaired) electrons. The standard InChI is InChI=1S/C10H12ClNO2/c1-6-4-5-8(9(11)7(6)2)14-10(13)12-3/h4-5H,1-3H3,(H,12,13). The Balaban J connectivity index is 3.00. The molecule has 0 aliphatic carbocycles. The van der Waals surface area contributed by atoms with Crippen LogP contribution < -0.4 is 10.1 Å². The van der Waals surface area contributed by atoms with Crippen LogP contribution in [0.5, 0.6) is 5.75 Å². The van der Waals surface area contributed by atoms with Gasteiger partial charge in [0.05, 0.1) is 5.02 Å². The quantitative estimate of drug-likeness (QED) is 0.779. The first-order valence-electron chi connectivity index (χ1n) is 4.21. The second-order valence-electron chi connectivity index (χ2n) is 2.96. The molecule has 14 heavy (non-hydrogen) atoms. The van der Waals surface area contributed by atoms with Gasteiger partial charge in [-0.2, -0.15) is 0 Å². The van der Waals surface area contributed by atoms with Crippen LogP contribution in [0.25, 0.3) is 0 Å². The molecule has 0 saturated heterocycles. The molecule has 0 aromatic heterocycles. The molecule has 0 bridgehead atoms. The van der Waals surface area contributed by atoms with E-state index < -0.39 is 6.09 Å². The van der Waals surface area contributed by atoms with Crippen molar-refractivity contribution in [1.82, 2.24) is 5.32 Å². The summed E-state index contributed by atoms with van der Waals surface area (Å²) in [7, 11) is 1.50. The van der Waals surface area contributed by atoms with E-state index in [0.29, 0.717) is 10.8 Å². The summed E-state index contributed by atoms with van der Waals surface area (Å²) in [5.74, 6) is 0.383. The summed E-state index contributed by atoms with van der Waals surface area (Å²) in [4.78, 5) is 10.9. The normalized spacial score (nSPS) is 9.71. The first kappa shape index (κ1) is 10.9. The predicted octanol–water partition coefficient (Wildman–Crippen LogP) is 2.68. The summed E-state index contributed by atoms with van der Waals surface area (Å²) in [5.41, 5.74) is 1.99. The minimum absolute atomic E-state index is 0.383. The van der Waals surface area contributed by atoms with E-state index in [1.54, 1.807) is 6.07 Å². The molecule has 1 amide bonds. The van der Waals surface area contributed by atoms with Crippen molar-refractivity contribution >= 4 is 17.7 Å². The van der Waals surface area contributed by atoms with Crippen molar-refractivity contribution in [3.63, 3.8) is 0 Å². The highest BCUT2D eigenvalue weighted by Crippen LogP contribution is 2.29. The van der Waals surface area contributed by atoms with Crippen LogP contribution in [0.4, 0.5) is 4.79 Å². The Labute approximate surface area is 88.0 Å². The smallest absolute Gasteiger partial charge is 0.409 e. The van der Waals surface area contributed by atoms with Gasteiger partial charge in [0.25, 0.3) is 0 Å². The summed E-state index contributed by atoms with van der Waals surface area (Å²) in [6.07, 6.45) is -0.518. The monoisotopic (exact) mass is 213 g/mol. The molecule has 0 spiro atoms. The molecule has 1 rings (SSSR count). The summed E-state index contributed by atoms with van der Waals surface area (Å²) in [6, 6.07) is 3.54. The molecule has 0 heterocycles. The lowest BCUT2D eigenvalue weighted by Gasteiger charge is -2.09. The maximum absolute atomic E-state index is 10.9. The van der Waals surface area contributed by atoms with Gasteiger partial charge in [0.15, 0.2) is 5.75 Å². The Morgan fingerprint density at radius 2 is 2.07 bits per heavy atom. The first-order chi connectivity index (χ1) is 6.56. The fraction of sp³-hybridized carbons (Fsp3) is 0.300. The molecule has 1 aromatic carbocycles. The first-order valence-corrected chi connectivity index (χ1v) is 4.59. The lowest BCUT2D eigenvalue weighted by Crippen LogP contribution is -2.22. The van der Waals surface area contributed by atoms with E-state index in [-0.39, 0.29) is 0 Å². The third-order valence-corrected chi connectivity index (χ3v) is 2.50. The highest BCUT2D eigenvalue weighted by atomic mass is 35.5. The highest BCUT2D eigenvalue weighted by molar-refractivity contribution is 6.33. The molecular formula is C10H12ClNO2. The molecule has 1 aromatic rings. The van der Waals surface area contributed by atoms with Crippen LogP contribution in [0, 0.1) is 13.8 Å². The van der Waals surface area contributed by atoms with Gasteiger partial charge in [0.2, 0.25) is 0 Å². The second kappa shape index (κ2) is 4.33. The molecule has 0 atom stereocenters. The number of hydrogen-bond donors (Lipinski definition) is 1. The summed E-state index contributed by atoms with van der Waals surface area (Å²) in [5, 5.41) is 2.84. The molecule has 0 aliphatic rings. The average Bonchev–Trinajstić information content (AvgIpc) is 2.19. The predicted molar refractivity (Wildman–Crippen MR) is 56.0 cm³/mol. The van der Waals surface area contributed by atoms with E-state index in [4.69, 9.17) is 16.3 Å². The van der Waals surface area contributed by atoms with Crippen molar-refractivity contribution in [2.24, 2.45) is 0 Å². The number of rotatable bonds is 1. The Morgan fingerprint density at radius 1 is 1.43 bits per heavy atom. The molecule has 1 N–H and O–H groups in total. The average molecular weight is 214 g/mol. The van der Waals surface area contributed by atoms with Crippen molar-refractivity contribution in [3.8, 4) is 5.75 Å². The van der Waals surface area contributed by atoms with E-state index in [1.165, 1.54) is 7.05 Å². The van der Waals surface area contributed by atoms with Gasteiger partial charge in [-0.25, -0.2) is 4.79 Å². The number of halogens is 1. The number of ether oxygens (including phenoxy) is 1. The molecule has 3 nitrogen and oxygen atoms in total. The SMILES string of the molecule is CNC(=O)Oc1ccc(C)c(C)c1Cl. The van der Waals surface area contributed by atoms with Gasteiger partial charge in [-0.15, -0.1) is 0 Å². The van der Waals surface area contributed by atoms with Crippen LogP contribution in [0.15, 0.2) is 12.1 Å². The van der Waals surface area contributed by atoms with E-state index in [0.717, 1.165) is 11.1 Å². The number of aryl methyl sites for hydroxylation is 1. The van der Waals surface area contributed by atoms with Crippen LogP contribution in [0.3, 0.4) is 0 Å². The number of amides is 1. The Morgan fingerprint density at radius 3 is 2.64 bits per heavy atom. The molecule has 76 valence electrons. The van der Waals surface area contributed by atoms with Crippen molar-refractivity contribution < 1.29 is 9.53 Å². The number of hydrogen-bond acceptors (Lipinski definition) is 2. The molecular weight excluding hydrogens is 202 g/mol. The molecule has 0 fully saturated rings. The number of nitrogens with one attached hydrogen (secondary N) is 1. The maximum atomic E-state index is 10.9. The van der Waals surface area contributed by atoms with Gasteiger partial charge in [-0.3, -0.25) is 0 Å². The zero-order valence-electron chi connectivity index (χ0n) is 8.35. The highest BCUT2D eigenvalue weighted by Gasteiger charge is 2.09. The van der Waals surface area contributed by atoms with E-state index >= 15 is 0 Å². The Kier molecular flexibility index (Phi) is 3.36. The fourth-order valence-corrected chi connectivity index (χ4v) is 1.24. The van der Waals surface area contributed by atoms with Gasteiger partial charge >= 0.3 is 6.09 Å². The van der Waals surface area contributed by atoms with Crippen LogP contribution in [-0.2, 0) is 0 Å². The minimum atomic E-state index is -0.518. The summed E-state index contributed by atoms with van der Waals surface area (Å²) < 4.78 is 4.95. The van der Waals surface area contributed by atoms with E-state index in [9.17, 15) is 4.79 Å². The maximum Gasteiger partial charge on any atom is 0.412 e. The lowest BCUT2D eigenvalue weighted by molar-refractivity contribution is 0.203. The largest absolute Gasteiger partial charge is 0.412 e. The van der Waals surface area contributed by atoms with Gasteiger partial charge in [-0.1, -0.05) is 17.7 Å². The van der Waals surface area contributed by atoms with Crippen molar-refractivity contribution in [2.45, 2.75) is 13.8 Å². The van der Waals surface area contributed by atoms with Crippen LogP contribution in [0.2, 0.25) is 5.02 Å². The molecule has 0 aliphatic heterocycles. The van der Waals surface area contributed by atoms with Gasteiger partial charge in [0.1, 0.15) is 0 Å². The minimum Gasteiger partial charge on any atom is -0.409 e. The van der Waals surface area contributed by atoms with Crippen molar-refractivity contribution in [2.75, 3.05) is 7.05 Å².